The van der Waals surface area contributed by atoms with Gasteiger partial charge in [0, 0.05) is 24.8 Å². The minimum atomic E-state index is 0.691. The van der Waals surface area contributed by atoms with Gasteiger partial charge < -0.3 is 4.90 Å². The molecule has 2 rings (SSSR count). The van der Waals surface area contributed by atoms with Crippen LogP contribution in [0.5, 0.6) is 0 Å². The van der Waals surface area contributed by atoms with Crippen LogP contribution in [0.4, 0.5) is 5.82 Å². The number of anilines is 1. The Labute approximate surface area is 99.0 Å². The molecule has 1 saturated heterocycles. The minimum Gasteiger partial charge on any atom is -0.356 e. The molecule has 0 unspecified atom stereocenters. The third kappa shape index (κ3) is 2.68. The summed E-state index contributed by atoms with van der Waals surface area (Å²) in [6.07, 6.45) is 2.53. The van der Waals surface area contributed by atoms with E-state index in [1.807, 2.05) is 6.92 Å². The maximum Gasteiger partial charge on any atom is 0.198 e. The van der Waals surface area contributed by atoms with Gasteiger partial charge in [0.25, 0.3) is 0 Å². The predicted octanol–water partition coefficient (Wildman–Crippen LogP) is 2.78. The first kappa shape index (κ1) is 10.9. The van der Waals surface area contributed by atoms with Crippen molar-refractivity contribution in [1.82, 2.24) is 9.97 Å². The van der Waals surface area contributed by atoms with Gasteiger partial charge in [-0.25, -0.2) is 9.97 Å². The third-order valence-corrected chi connectivity index (χ3v) is 3.28. The highest BCUT2D eigenvalue weighted by molar-refractivity contribution is 9.10. The fraction of sp³-hybridized carbons (Fsp3) is 0.636. The van der Waals surface area contributed by atoms with Crippen LogP contribution in [0.1, 0.15) is 25.5 Å². The molecule has 1 aromatic rings. The molecule has 1 aromatic heterocycles. The lowest BCUT2D eigenvalue weighted by atomic mass is 9.99. The summed E-state index contributed by atoms with van der Waals surface area (Å²) in [5.41, 5.74) is 1.02. The van der Waals surface area contributed by atoms with Crippen molar-refractivity contribution >= 4 is 21.7 Å². The molecule has 15 heavy (non-hydrogen) atoms. The topological polar surface area (TPSA) is 29.0 Å². The molecule has 0 radical (unpaired) electrons. The quantitative estimate of drug-likeness (QED) is 0.735. The first-order valence-electron chi connectivity index (χ1n) is 5.41. The molecular formula is C11H16BrN3. The van der Waals surface area contributed by atoms with Crippen molar-refractivity contribution in [2.24, 2.45) is 5.92 Å². The van der Waals surface area contributed by atoms with Crippen LogP contribution in [0.2, 0.25) is 0 Å². The third-order valence-electron chi connectivity index (χ3n) is 2.92. The summed E-state index contributed by atoms with van der Waals surface area (Å²) in [5.74, 6) is 1.91. The smallest absolute Gasteiger partial charge is 0.198 e. The summed E-state index contributed by atoms with van der Waals surface area (Å²) in [6, 6.07) is 2.06. The van der Waals surface area contributed by atoms with Gasteiger partial charge >= 0.3 is 0 Å². The average Bonchev–Trinajstić information content (AvgIpc) is 2.17. The van der Waals surface area contributed by atoms with Crippen molar-refractivity contribution in [3.63, 3.8) is 0 Å². The molecule has 0 aromatic carbocycles. The first-order chi connectivity index (χ1) is 7.15. The molecule has 0 aliphatic carbocycles. The van der Waals surface area contributed by atoms with Crippen molar-refractivity contribution in [2.75, 3.05) is 18.0 Å². The van der Waals surface area contributed by atoms with Gasteiger partial charge in [-0.2, -0.15) is 0 Å². The normalized spacial score (nSPS) is 18.2. The molecule has 1 fully saturated rings. The largest absolute Gasteiger partial charge is 0.356 e. The molecule has 0 spiro atoms. The number of aryl methyl sites for hydroxylation is 1. The number of halogens is 1. The van der Waals surface area contributed by atoms with Crippen LogP contribution in [0.15, 0.2) is 10.8 Å². The molecule has 82 valence electrons. The van der Waals surface area contributed by atoms with E-state index >= 15 is 0 Å². The number of nitrogens with zero attached hydrogens (tertiary/aromatic N) is 3. The lowest BCUT2D eigenvalue weighted by Crippen LogP contribution is -2.33. The average molecular weight is 270 g/mol. The zero-order chi connectivity index (χ0) is 10.8. The van der Waals surface area contributed by atoms with E-state index in [4.69, 9.17) is 0 Å². The van der Waals surface area contributed by atoms with E-state index < -0.39 is 0 Å². The van der Waals surface area contributed by atoms with Gasteiger partial charge in [-0.15, -0.1) is 0 Å². The second-order valence-electron chi connectivity index (χ2n) is 4.31. The summed E-state index contributed by atoms with van der Waals surface area (Å²) in [6.45, 7) is 6.55. The van der Waals surface area contributed by atoms with Crippen LogP contribution in [0.3, 0.4) is 0 Å². The summed E-state index contributed by atoms with van der Waals surface area (Å²) >= 11 is 3.34. The van der Waals surface area contributed by atoms with Crippen LogP contribution in [0, 0.1) is 12.8 Å². The van der Waals surface area contributed by atoms with E-state index in [1.54, 1.807) is 0 Å². The highest BCUT2D eigenvalue weighted by atomic mass is 79.9. The van der Waals surface area contributed by atoms with Crippen molar-refractivity contribution in [1.29, 1.82) is 0 Å². The van der Waals surface area contributed by atoms with Gasteiger partial charge in [0.05, 0.1) is 0 Å². The Balaban J connectivity index is 2.15. The molecule has 0 N–H and O–H groups in total. The first-order valence-corrected chi connectivity index (χ1v) is 6.20. The van der Waals surface area contributed by atoms with Crippen molar-refractivity contribution in [3.8, 4) is 0 Å². The second kappa shape index (κ2) is 4.47. The molecule has 0 atom stereocenters. The van der Waals surface area contributed by atoms with Crippen LogP contribution >= 0.6 is 15.9 Å². The van der Waals surface area contributed by atoms with E-state index in [0.717, 1.165) is 30.5 Å². The maximum absolute atomic E-state index is 4.41. The molecule has 0 saturated carbocycles. The van der Waals surface area contributed by atoms with E-state index in [2.05, 4.69) is 43.8 Å². The maximum atomic E-state index is 4.41. The molecule has 3 nitrogen and oxygen atoms in total. The zero-order valence-corrected chi connectivity index (χ0v) is 10.8. The molecule has 0 bridgehead atoms. The van der Waals surface area contributed by atoms with Gasteiger partial charge in [-0.05, 0) is 41.6 Å². The Hall–Kier alpha value is -0.640. The van der Waals surface area contributed by atoms with Gasteiger partial charge in [0.1, 0.15) is 5.82 Å². The summed E-state index contributed by atoms with van der Waals surface area (Å²) < 4.78 is 0.691. The Bertz CT molecular complexity index is 325. The fourth-order valence-corrected chi connectivity index (χ4v) is 2.38. The molecule has 4 heteroatoms. The predicted molar refractivity (Wildman–Crippen MR) is 65.1 cm³/mol. The minimum absolute atomic E-state index is 0.691. The van der Waals surface area contributed by atoms with E-state index in [0.29, 0.717) is 4.73 Å². The lowest BCUT2D eigenvalue weighted by molar-refractivity contribution is 0.436. The SMILES string of the molecule is Cc1cc(N2CCC(C)CC2)nc(Br)n1. The van der Waals surface area contributed by atoms with E-state index in [9.17, 15) is 0 Å². The van der Waals surface area contributed by atoms with Crippen LogP contribution in [-0.4, -0.2) is 23.1 Å². The summed E-state index contributed by atoms with van der Waals surface area (Å²) in [4.78, 5) is 11.0. The Morgan fingerprint density at radius 3 is 2.60 bits per heavy atom. The van der Waals surface area contributed by atoms with Crippen molar-refractivity contribution in [2.45, 2.75) is 26.7 Å². The second-order valence-corrected chi connectivity index (χ2v) is 5.02. The van der Waals surface area contributed by atoms with Gasteiger partial charge in [0.2, 0.25) is 0 Å². The van der Waals surface area contributed by atoms with Crippen molar-refractivity contribution in [3.05, 3.63) is 16.5 Å². The van der Waals surface area contributed by atoms with Gasteiger partial charge in [-0.3, -0.25) is 0 Å². The molecule has 1 aliphatic heterocycles. The van der Waals surface area contributed by atoms with E-state index in [-0.39, 0.29) is 0 Å². The standard InChI is InChI=1S/C11H16BrN3/c1-8-3-5-15(6-4-8)10-7-9(2)13-11(12)14-10/h7-8H,3-6H2,1-2H3. The molecule has 1 aliphatic rings. The van der Waals surface area contributed by atoms with Crippen LogP contribution in [0.25, 0.3) is 0 Å². The Morgan fingerprint density at radius 1 is 1.33 bits per heavy atom. The molecule has 2 heterocycles. The van der Waals surface area contributed by atoms with E-state index in [1.165, 1.54) is 12.8 Å². The Morgan fingerprint density at radius 2 is 2.00 bits per heavy atom. The monoisotopic (exact) mass is 269 g/mol. The number of aromatic nitrogens is 2. The number of rotatable bonds is 1. The zero-order valence-electron chi connectivity index (χ0n) is 9.20. The number of piperidine rings is 1. The fourth-order valence-electron chi connectivity index (χ4n) is 1.92. The summed E-state index contributed by atoms with van der Waals surface area (Å²) in [7, 11) is 0. The van der Waals surface area contributed by atoms with Gasteiger partial charge in [-0.1, -0.05) is 6.92 Å². The number of hydrogen-bond acceptors (Lipinski definition) is 3. The lowest BCUT2D eigenvalue weighted by Gasteiger charge is -2.31. The van der Waals surface area contributed by atoms with Crippen LogP contribution in [-0.2, 0) is 0 Å². The Kier molecular flexibility index (Phi) is 3.24. The van der Waals surface area contributed by atoms with Gasteiger partial charge in [0.15, 0.2) is 4.73 Å². The highest BCUT2D eigenvalue weighted by Gasteiger charge is 2.17. The highest BCUT2D eigenvalue weighted by Crippen LogP contribution is 2.22. The number of hydrogen-bond donors (Lipinski definition) is 0. The molecular weight excluding hydrogens is 254 g/mol. The van der Waals surface area contributed by atoms with Crippen LogP contribution < -0.4 is 4.90 Å². The molecule has 0 amide bonds. The summed E-state index contributed by atoms with van der Waals surface area (Å²) in [5, 5.41) is 0. The van der Waals surface area contributed by atoms with Crippen molar-refractivity contribution < 1.29 is 0 Å².